The van der Waals surface area contributed by atoms with Gasteiger partial charge in [-0.05, 0) is 23.1 Å². The predicted octanol–water partition coefficient (Wildman–Crippen LogP) is 2.56. The number of hydrogen-bond acceptors (Lipinski definition) is 2. The van der Waals surface area contributed by atoms with Crippen LogP contribution in [0.25, 0.3) is 0 Å². The second-order valence-corrected chi connectivity index (χ2v) is 4.58. The molecule has 0 saturated heterocycles. The number of hydrogen-bond donors (Lipinski definition) is 2. The lowest BCUT2D eigenvalue weighted by Gasteiger charge is -2.13. The molecule has 1 aromatic rings. The summed E-state index contributed by atoms with van der Waals surface area (Å²) in [5, 5.41) is 8.95. The smallest absolute Gasteiger partial charge is 0.0624 e. The van der Waals surface area contributed by atoms with Crippen LogP contribution in [0.5, 0.6) is 0 Å². The molecule has 0 unspecified atom stereocenters. The van der Waals surface area contributed by atoms with E-state index in [1.807, 2.05) is 6.07 Å². The number of aliphatic hydroxyl groups excluding tert-OH is 1. The number of benzene rings is 1. The molecule has 0 aliphatic carbocycles. The first-order chi connectivity index (χ1) is 6.56. The zero-order valence-corrected chi connectivity index (χ0v) is 10.1. The van der Waals surface area contributed by atoms with E-state index in [9.17, 15) is 0 Å². The van der Waals surface area contributed by atoms with Gasteiger partial charge in [0.15, 0.2) is 0 Å². The van der Waals surface area contributed by atoms with Crippen molar-refractivity contribution in [2.24, 2.45) is 5.73 Å². The van der Waals surface area contributed by atoms with Crippen molar-refractivity contribution in [1.82, 2.24) is 0 Å². The fourth-order valence-corrected chi connectivity index (χ4v) is 1.99. The molecule has 14 heavy (non-hydrogen) atoms. The van der Waals surface area contributed by atoms with Crippen molar-refractivity contribution in [3.8, 4) is 0 Å². The van der Waals surface area contributed by atoms with Crippen molar-refractivity contribution in [1.29, 1.82) is 0 Å². The van der Waals surface area contributed by atoms with Crippen LogP contribution in [0.2, 0.25) is 0 Å². The van der Waals surface area contributed by atoms with Gasteiger partial charge in [0.1, 0.15) is 0 Å². The monoisotopic (exact) mass is 257 g/mol. The van der Waals surface area contributed by atoms with Gasteiger partial charge in [0.25, 0.3) is 0 Å². The molecule has 0 radical (unpaired) electrons. The Morgan fingerprint density at radius 1 is 1.43 bits per heavy atom. The zero-order valence-electron chi connectivity index (χ0n) is 8.50. The summed E-state index contributed by atoms with van der Waals surface area (Å²) in [5.74, 6) is 0.505. The summed E-state index contributed by atoms with van der Waals surface area (Å²) in [5.41, 5.74) is 7.97. The van der Waals surface area contributed by atoms with Gasteiger partial charge >= 0.3 is 0 Å². The van der Waals surface area contributed by atoms with Crippen molar-refractivity contribution in [3.63, 3.8) is 0 Å². The van der Waals surface area contributed by atoms with Gasteiger partial charge in [-0.3, -0.25) is 0 Å². The number of rotatable bonds is 3. The highest BCUT2D eigenvalue weighted by molar-refractivity contribution is 9.10. The minimum Gasteiger partial charge on any atom is -0.394 e. The van der Waals surface area contributed by atoms with E-state index in [1.165, 1.54) is 5.56 Å². The summed E-state index contributed by atoms with van der Waals surface area (Å²) >= 11 is 3.47. The molecule has 0 spiro atoms. The third-order valence-electron chi connectivity index (χ3n) is 2.29. The molecule has 0 aromatic heterocycles. The molecule has 3 heteroatoms. The van der Waals surface area contributed by atoms with Gasteiger partial charge in [0.2, 0.25) is 0 Å². The first-order valence-corrected chi connectivity index (χ1v) is 5.51. The molecule has 0 saturated carbocycles. The van der Waals surface area contributed by atoms with Crippen LogP contribution in [0.3, 0.4) is 0 Å². The second-order valence-electron chi connectivity index (χ2n) is 3.72. The van der Waals surface area contributed by atoms with Crippen LogP contribution >= 0.6 is 15.9 Å². The molecular formula is C11H16BrNO. The zero-order chi connectivity index (χ0) is 10.7. The van der Waals surface area contributed by atoms with Crippen LogP contribution in [-0.4, -0.2) is 11.7 Å². The largest absolute Gasteiger partial charge is 0.394 e. The molecule has 0 aliphatic rings. The molecule has 1 aromatic carbocycles. The Hall–Kier alpha value is -0.380. The maximum Gasteiger partial charge on any atom is 0.0624 e. The Morgan fingerprint density at radius 2 is 2.07 bits per heavy atom. The van der Waals surface area contributed by atoms with Gasteiger partial charge in [-0.15, -0.1) is 0 Å². The van der Waals surface area contributed by atoms with Crippen LogP contribution in [0.1, 0.15) is 36.9 Å². The quantitative estimate of drug-likeness (QED) is 0.875. The molecule has 1 atom stereocenters. The van der Waals surface area contributed by atoms with Crippen molar-refractivity contribution >= 4 is 15.9 Å². The fourth-order valence-electron chi connectivity index (χ4n) is 1.30. The molecule has 0 amide bonds. The topological polar surface area (TPSA) is 46.2 Å². The summed E-state index contributed by atoms with van der Waals surface area (Å²) in [7, 11) is 0. The highest BCUT2D eigenvalue weighted by atomic mass is 79.9. The van der Waals surface area contributed by atoms with Crippen LogP contribution < -0.4 is 5.73 Å². The lowest BCUT2D eigenvalue weighted by molar-refractivity contribution is 0.267. The van der Waals surface area contributed by atoms with Crippen molar-refractivity contribution in [2.75, 3.05) is 6.61 Å². The molecule has 3 N–H and O–H groups in total. The van der Waals surface area contributed by atoms with Gasteiger partial charge in [0, 0.05) is 4.47 Å². The molecule has 1 rings (SSSR count). The molecule has 0 bridgehead atoms. The van der Waals surface area contributed by atoms with E-state index in [4.69, 9.17) is 10.8 Å². The second kappa shape index (κ2) is 4.91. The number of nitrogens with two attached hydrogens (primary N) is 1. The Kier molecular flexibility index (Phi) is 4.11. The minimum absolute atomic E-state index is 0.0281. The summed E-state index contributed by atoms with van der Waals surface area (Å²) in [6, 6.07) is 5.79. The highest BCUT2D eigenvalue weighted by Crippen LogP contribution is 2.26. The average Bonchev–Trinajstić information content (AvgIpc) is 2.16. The van der Waals surface area contributed by atoms with Crippen molar-refractivity contribution < 1.29 is 5.11 Å². The number of halogens is 1. The van der Waals surface area contributed by atoms with Crippen LogP contribution in [0.4, 0.5) is 0 Å². The van der Waals surface area contributed by atoms with E-state index >= 15 is 0 Å². The van der Waals surface area contributed by atoms with Gasteiger partial charge in [-0.25, -0.2) is 0 Å². The Bertz CT molecular complexity index is 312. The molecule has 0 fully saturated rings. The lowest BCUT2D eigenvalue weighted by atomic mass is 9.99. The Morgan fingerprint density at radius 3 is 2.50 bits per heavy atom. The fraction of sp³-hybridized carbons (Fsp3) is 0.455. The van der Waals surface area contributed by atoms with Crippen molar-refractivity contribution in [2.45, 2.75) is 25.8 Å². The maximum absolute atomic E-state index is 8.95. The summed E-state index contributed by atoms with van der Waals surface area (Å²) in [4.78, 5) is 0. The van der Waals surface area contributed by atoms with Gasteiger partial charge < -0.3 is 10.8 Å². The molecule has 0 heterocycles. The minimum atomic E-state index is -0.300. The van der Waals surface area contributed by atoms with Gasteiger partial charge in [-0.2, -0.15) is 0 Å². The summed E-state index contributed by atoms with van der Waals surface area (Å²) in [6.45, 7) is 4.26. The third-order valence-corrected chi connectivity index (χ3v) is 2.97. The first kappa shape index (κ1) is 11.7. The van der Waals surface area contributed by atoms with E-state index < -0.39 is 0 Å². The predicted molar refractivity (Wildman–Crippen MR) is 62.2 cm³/mol. The molecule has 78 valence electrons. The molecular weight excluding hydrogens is 242 g/mol. The normalized spacial score (nSPS) is 13.3. The van der Waals surface area contributed by atoms with Crippen LogP contribution in [0.15, 0.2) is 22.7 Å². The van der Waals surface area contributed by atoms with Crippen LogP contribution in [-0.2, 0) is 0 Å². The number of aliphatic hydroxyl groups is 1. The van der Waals surface area contributed by atoms with E-state index in [0.29, 0.717) is 5.92 Å². The molecule has 2 nitrogen and oxygen atoms in total. The van der Waals surface area contributed by atoms with Crippen molar-refractivity contribution in [3.05, 3.63) is 33.8 Å². The standard InChI is InChI=1S/C11H16BrNO/c1-7(2)8-3-4-9(10(12)5-8)11(13)6-14/h3-5,7,11,14H,6,13H2,1-2H3/t11-/m0/s1. The SMILES string of the molecule is CC(C)c1ccc([C@@H](N)CO)c(Br)c1. The van der Waals surface area contributed by atoms with E-state index in [2.05, 4.69) is 41.9 Å². The van der Waals surface area contributed by atoms with Crippen LogP contribution in [0, 0.1) is 0 Å². The average molecular weight is 258 g/mol. The highest BCUT2D eigenvalue weighted by Gasteiger charge is 2.09. The third kappa shape index (κ3) is 2.56. The van der Waals surface area contributed by atoms with Gasteiger partial charge in [-0.1, -0.05) is 41.9 Å². The Balaban J connectivity index is 3.01. The summed E-state index contributed by atoms with van der Waals surface area (Å²) < 4.78 is 0.977. The van der Waals surface area contributed by atoms with E-state index in [0.717, 1.165) is 10.0 Å². The molecule has 0 aliphatic heterocycles. The first-order valence-electron chi connectivity index (χ1n) is 4.72. The van der Waals surface area contributed by atoms with E-state index in [-0.39, 0.29) is 12.6 Å². The Labute approximate surface area is 93.3 Å². The van der Waals surface area contributed by atoms with Gasteiger partial charge in [0.05, 0.1) is 12.6 Å². The lowest BCUT2D eigenvalue weighted by Crippen LogP contribution is -2.15. The summed E-state index contributed by atoms with van der Waals surface area (Å²) in [6.07, 6.45) is 0. The van der Waals surface area contributed by atoms with E-state index in [1.54, 1.807) is 0 Å². The maximum atomic E-state index is 8.95.